The van der Waals surface area contributed by atoms with Crippen LogP contribution in [0.15, 0.2) is 18.3 Å². The maximum atomic E-state index is 9.35. The topological polar surface area (TPSA) is 56.6 Å². The predicted octanol–water partition coefficient (Wildman–Crippen LogP) is 0.145. The second kappa shape index (κ2) is 3.94. The summed E-state index contributed by atoms with van der Waals surface area (Å²) in [5.41, 5.74) is 0.813. The molecule has 1 atom stereocenters. The van der Waals surface area contributed by atoms with Crippen LogP contribution in [0.1, 0.15) is 12.0 Å². The molecule has 1 fully saturated rings. The molecule has 2 rings (SSSR count). The Bertz CT molecular complexity index is 299. The first-order valence-corrected chi connectivity index (χ1v) is 4.78. The van der Waals surface area contributed by atoms with E-state index in [1.807, 2.05) is 17.0 Å². The van der Waals surface area contributed by atoms with Crippen molar-refractivity contribution >= 4 is 5.82 Å². The highest BCUT2D eigenvalue weighted by Gasteiger charge is 2.20. The maximum absolute atomic E-state index is 9.35. The van der Waals surface area contributed by atoms with Gasteiger partial charge in [0.2, 0.25) is 0 Å². The van der Waals surface area contributed by atoms with Crippen molar-refractivity contribution in [3.63, 3.8) is 0 Å². The standard InChI is InChI=1S/C10H14N2O2/c13-7-8-1-2-10(11-5-8)12-4-3-9(14)6-12/h1-2,5,9,13-14H,3-4,6-7H2. The van der Waals surface area contributed by atoms with Gasteiger partial charge in [-0.3, -0.25) is 0 Å². The Kier molecular flexibility index (Phi) is 2.65. The van der Waals surface area contributed by atoms with Crippen molar-refractivity contribution in [3.05, 3.63) is 23.9 Å². The van der Waals surface area contributed by atoms with Gasteiger partial charge in [-0.05, 0) is 18.1 Å². The minimum absolute atomic E-state index is 0.0237. The van der Waals surface area contributed by atoms with Crippen LogP contribution in [-0.2, 0) is 6.61 Å². The van der Waals surface area contributed by atoms with Crippen molar-refractivity contribution in [2.45, 2.75) is 19.1 Å². The van der Waals surface area contributed by atoms with Crippen molar-refractivity contribution in [1.29, 1.82) is 0 Å². The SMILES string of the molecule is OCc1ccc(N2CCC(O)C2)nc1. The van der Waals surface area contributed by atoms with Crippen LogP contribution in [0.4, 0.5) is 5.82 Å². The van der Waals surface area contributed by atoms with Crippen molar-refractivity contribution < 1.29 is 10.2 Å². The fourth-order valence-electron chi connectivity index (χ4n) is 1.65. The number of hydrogen-bond acceptors (Lipinski definition) is 4. The Morgan fingerprint density at radius 2 is 2.36 bits per heavy atom. The Balaban J connectivity index is 2.09. The first kappa shape index (κ1) is 9.43. The van der Waals surface area contributed by atoms with E-state index in [9.17, 15) is 5.11 Å². The van der Waals surface area contributed by atoms with E-state index in [4.69, 9.17) is 5.11 Å². The fraction of sp³-hybridized carbons (Fsp3) is 0.500. The molecule has 1 aliphatic rings. The van der Waals surface area contributed by atoms with Crippen LogP contribution in [0.3, 0.4) is 0 Å². The van der Waals surface area contributed by atoms with Crippen molar-refractivity contribution in [1.82, 2.24) is 4.98 Å². The number of hydrogen-bond donors (Lipinski definition) is 2. The summed E-state index contributed by atoms with van der Waals surface area (Å²) in [6, 6.07) is 3.73. The van der Waals surface area contributed by atoms with Crippen molar-refractivity contribution in [2.24, 2.45) is 0 Å². The highest BCUT2D eigenvalue weighted by Crippen LogP contribution is 2.17. The van der Waals surface area contributed by atoms with Gasteiger partial charge in [-0.25, -0.2) is 4.98 Å². The molecule has 0 aromatic carbocycles. The monoisotopic (exact) mass is 194 g/mol. The molecule has 14 heavy (non-hydrogen) atoms. The second-order valence-electron chi connectivity index (χ2n) is 3.57. The molecule has 2 heterocycles. The largest absolute Gasteiger partial charge is 0.392 e. The number of rotatable bonds is 2. The van der Waals surface area contributed by atoms with Gasteiger partial charge in [-0.2, -0.15) is 0 Å². The third-order valence-electron chi connectivity index (χ3n) is 2.48. The van der Waals surface area contributed by atoms with E-state index < -0.39 is 0 Å². The molecule has 0 saturated carbocycles. The van der Waals surface area contributed by atoms with Gasteiger partial charge in [0.1, 0.15) is 5.82 Å². The third kappa shape index (κ3) is 1.86. The summed E-state index contributed by atoms with van der Waals surface area (Å²) in [5.74, 6) is 0.874. The summed E-state index contributed by atoms with van der Waals surface area (Å²) in [6.07, 6.45) is 2.25. The fourth-order valence-corrected chi connectivity index (χ4v) is 1.65. The summed E-state index contributed by atoms with van der Waals surface area (Å²) in [7, 11) is 0. The molecule has 0 spiro atoms. The maximum Gasteiger partial charge on any atom is 0.128 e. The van der Waals surface area contributed by atoms with E-state index in [-0.39, 0.29) is 12.7 Å². The van der Waals surface area contributed by atoms with E-state index >= 15 is 0 Å². The Morgan fingerprint density at radius 1 is 1.50 bits per heavy atom. The van der Waals surface area contributed by atoms with Crippen LogP contribution in [0.2, 0.25) is 0 Å². The Morgan fingerprint density at radius 3 is 2.86 bits per heavy atom. The molecule has 1 aromatic heterocycles. The summed E-state index contributed by atoms with van der Waals surface area (Å²) in [4.78, 5) is 6.27. The highest BCUT2D eigenvalue weighted by molar-refractivity contribution is 5.40. The average molecular weight is 194 g/mol. The molecule has 0 aliphatic carbocycles. The van der Waals surface area contributed by atoms with Gasteiger partial charge < -0.3 is 15.1 Å². The van der Waals surface area contributed by atoms with Crippen molar-refractivity contribution in [3.8, 4) is 0 Å². The van der Waals surface area contributed by atoms with Gasteiger partial charge in [0.05, 0.1) is 12.7 Å². The molecule has 1 saturated heterocycles. The lowest BCUT2D eigenvalue weighted by Crippen LogP contribution is -2.22. The zero-order valence-electron chi connectivity index (χ0n) is 7.93. The number of aliphatic hydroxyl groups is 2. The van der Waals surface area contributed by atoms with Crippen LogP contribution < -0.4 is 4.90 Å². The molecular weight excluding hydrogens is 180 g/mol. The zero-order chi connectivity index (χ0) is 9.97. The van der Waals surface area contributed by atoms with E-state index in [0.29, 0.717) is 6.54 Å². The van der Waals surface area contributed by atoms with Crippen LogP contribution in [0, 0.1) is 0 Å². The van der Waals surface area contributed by atoms with E-state index in [1.165, 1.54) is 0 Å². The summed E-state index contributed by atoms with van der Waals surface area (Å²) in [5, 5.41) is 18.2. The van der Waals surface area contributed by atoms with Gasteiger partial charge in [-0.15, -0.1) is 0 Å². The van der Waals surface area contributed by atoms with Crippen LogP contribution in [0.5, 0.6) is 0 Å². The number of aromatic nitrogens is 1. The lowest BCUT2D eigenvalue weighted by molar-refractivity contribution is 0.198. The molecule has 1 aliphatic heterocycles. The normalized spacial score (nSPS) is 21.6. The lowest BCUT2D eigenvalue weighted by atomic mass is 10.3. The van der Waals surface area contributed by atoms with Gasteiger partial charge >= 0.3 is 0 Å². The van der Waals surface area contributed by atoms with Crippen LogP contribution >= 0.6 is 0 Å². The Hall–Kier alpha value is -1.13. The van der Waals surface area contributed by atoms with Crippen LogP contribution in [-0.4, -0.2) is 34.4 Å². The third-order valence-corrected chi connectivity index (χ3v) is 2.48. The van der Waals surface area contributed by atoms with E-state index in [0.717, 1.165) is 24.3 Å². The zero-order valence-corrected chi connectivity index (χ0v) is 7.93. The summed E-state index contributed by atoms with van der Waals surface area (Å²) >= 11 is 0. The molecule has 0 bridgehead atoms. The van der Waals surface area contributed by atoms with Crippen LogP contribution in [0.25, 0.3) is 0 Å². The van der Waals surface area contributed by atoms with Crippen molar-refractivity contribution in [2.75, 3.05) is 18.0 Å². The van der Waals surface area contributed by atoms with Gasteiger partial charge in [0.25, 0.3) is 0 Å². The minimum atomic E-state index is -0.227. The van der Waals surface area contributed by atoms with E-state index in [2.05, 4.69) is 4.98 Å². The van der Waals surface area contributed by atoms with Gasteiger partial charge in [-0.1, -0.05) is 6.07 Å². The number of β-amino-alcohol motifs (C(OH)–C–C–N with tert-alkyl or cyclic N) is 1. The molecule has 1 aromatic rings. The van der Waals surface area contributed by atoms with E-state index in [1.54, 1.807) is 6.20 Å². The number of pyridine rings is 1. The number of anilines is 1. The first-order chi connectivity index (χ1) is 6.79. The Labute approximate surface area is 82.8 Å². The highest BCUT2D eigenvalue weighted by atomic mass is 16.3. The molecule has 4 nitrogen and oxygen atoms in total. The molecule has 2 N–H and O–H groups in total. The number of nitrogens with zero attached hydrogens (tertiary/aromatic N) is 2. The molecule has 0 amide bonds. The quantitative estimate of drug-likeness (QED) is 0.703. The second-order valence-corrected chi connectivity index (χ2v) is 3.57. The molecular formula is C10H14N2O2. The molecule has 1 unspecified atom stereocenters. The van der Waals surface area contributed by atoms with Gasteiger partial charge in [0.15, 0.2) is 0 Å². The van der Waals surface area contributed by atoms with Gasteiger partial charge in [0, 0.05) is 19.3 Å². The summed E-state index contributed by atoms with van der Waals surface area (Å²) in [6.45, 7) is 1.54. The molecule has 4 heteroatoms. The first-order valence-electron chi connectivity index (χ1n) is 4.78. The lowest BCUT2D eigenvalue weighted by Gasteiger charge is -2.16. The average Bonchev–Trinajstić information content (AvgIpc) is 2.65. The molecule has 76 valence electrons. The summed E-state index contributed by atoms with van der Waals surface area (Å²) < 4.78 is 0. The number of aliphatic hydroxyl groups excluding tert-OH is 2. The predicted molar refractivity (Wildman–Crippen MR) is 53.0 cm³/mol. The molecule has 0 radical (unpaired) electrons. The minimum Gasteiger partial charge on any atom is -0.392 e. The smallest absolute Gasteiger partial charge is 0.128 e.